The van der Waals surface area contributed by atoms with Crippen molar-refractivity contribution in [3.05, 3.63) is 133 Å². The first-order chi connectivity index (χ1) is 31.3. The molecule has 3 aromatic carbocycles. The Kier molecular flexibility index (Phi) is 8.48. The molecule has 332 valence electrons. The lowest BCUT2D eigenvalue weighted by molar-refractivity contribution is 0.0107. The molecule has 1 aliphatic carbocycles. The number of hydrogen-bond donors (Lipinski definition) is 1. The van der Waals surface area contributed by atoms with Crippen LogP contribution >= 0.6 is 0 Å². The van der Waals surface area contributed by atoms with Crippen molar-refractivity contribution in [2.75, 3.05) is 26.4 Å². The van der Waals surface area contributed by atoms with Gasteiger partial charge in [-0.15, -0.1) is 0 Å². The van der Waals surface area contributed by atoms with E-state index in [1.807, 2.05) is 23.6 Å². The molecule has 2 unspecified atom stereocenters. The van der Waals surface area contributed by atoms with Gasteiger partial charge in [-0.2, -0.15) is 10.2 Å². The highest BCUT2D eigenvalue weighted by Crippen LogP contribution is 2.57. The van der Waals surface area contributed by atoms with Crippen molar-refractivity contribution in [2.45, 2.75) is 64.5 Å². The lowest BCUT2D eigenvalue weighted by Crippen LogP contribution is -2.41. The summed E-state index contributed by atoms with van der Waals surface area (Å²) in [6.07, 6.45) is 6.26. The molecule has 0 bridgehead atoms. The van der Waals surface area contributed by atoms with Crippen LogP contribution in [0.25, 0.3) is 39.0 Å². The summed E-state index contributed by atoms with van der Waals surface area (Å²) >= 11 is 0. The smallest absolute Gasteiger partial charge is 0.438 e. The third-order valence-electron chi connectivity index (χ3n) is 14.5. The lowest BCUT2D eigenvalue weighted by Gasteiger charge is -2.37. The van der Waals surface area contributed by atoms with E-state index in [1.165, 1.54) is 21.5 Å². The van der Waals surface area contributed by atoms with E-state index in [0.717, 1.165) is 28.6 Å². The van der Waals surface area contributed by atoms with Crippen LogP contribution in [0.4, 0.5) is 8.78 Å². The number of imidazole rings is 1. The van der Waals surface area contributed by atoms with Crippen molar-refractivity contribution in [2.24, 2.45) is 18.9 Å². The Morgan fingerprint density at radius 2 is 1.75 bits per heavy atom. The molecule has 65 heavy (non-hydrogen) atoms. The predicted molar refractivity (Wildman–Crippen MR) is 232 cm³/mol. The van der Waals surface area contributed by atoms with E-state index in [2.05, 4.69) is 28.2 Å². The molecule has 1 saturated heterocycles. The van der Waals surface area contributed by atoms with Gasteiger partial charge in [0.25, 0.3) is 5.91 Å². The third-order valence-corrected chi connectivity index (χ3v) is 14.5. The van der Waals surface area contributed by atoms with Crippen LogP contribution in [-0.4, -0.2) is 80.6 Å². The SMILES string of the molecule is Cc1cc(-n2nc3c(c2-n2ccn(-c4ccc5c(cnn5C)c4F)c2=O)[C@H](C)N(C(=O)c2cc4cc5c(cc4n2[C@@]2(c4noc(=O)[nH]4)C[C@@H]2C)OCC2COCCC52)CC3)cc(C)c1F. The highest BCUT2D eigenvalue weighted by atomic mass is 19.1. The number of ether oxygens (including phenoxy) is 2. The maximum Gasteiger partial charge on any atom is 0.438 e. The molecular weight excluding hydrogens is 839 g/mol. The molecule has 16 nitrogen and oxygen atoms in total. The Labute approximate surface area is 368 Å². The number of carbonyl (C=O) groups excluding carboxylic acids is 1. The van der Waals surface area contributed by atoms with Gasteiger partial charge in [-0.1, -0.05) is 12.1 Å². The first-order valence-corrected chi connectivity index (χ1v) is 21.9. The standard InChI is InChI=1S/C47H44F2N10O6/c1-23-14-29(15-24(2)40(23)48)59-42(57-12-11-56(46(57)62)35-7-6-34-32(41(35)49)20-50-54(34)5)39-26(4)55(10-8-33(39)52-59)43(60)37-17-27-16-31-30-9-13-63-21-28(30)22-64-38(31)18-36(27)58(37)47(19-25(47)3)44-51-45(61)65-53-44/h6-7,11-12,14-18,20,25-26,28,30H,8-10,13,19,21-22H2,1-5H3,(H,51,53,61)/t25-,26-,28?,30?,47-/m0/s1. The van der Waals surface area contributed by atoms with Crippen LogP contribution in [-0.2, 0) is 23.7 Å². The van der Waals surface area contributed by atoms with Gasteiger partial charge in [0, 0.05) is 61.9 Å². The first-order valence-electron chi connectivity index (χ1n) is 21.9. The van der Waals surface area contributed by atoms with Crippen LogP contribution in [0.3, 0.4) is 0 Å². The van der Waals surface area contributed by atoms with Crippen molar-refractivity contribution >= 4 is 27.7 Å². The molecule has 1 N–H and O–H groups in total. The number of hydrogen-bond acceptors (Lipinski definition) is 9. The number of carbonyl (C=O) groups is 1. The van der Waals surface area contributed by atoms with Gasteiger partial charge in [-0.05, 0) is 98.5 Å². The number of fused-ring (bicyclic) bond motifs is 6. The predicted octanol–water partition coefficient (Wildman–Crippen LogP) is 6.28. The van der Waals surface area contributed by atoms with Crippen molar-refractivity contribution in [3.63, 3.8) is 0 Å². The number of aromatic amines is 1. The van der Waals surface area contributed by atoms with Crippen molar-refractivity contribution in [1.29, 1.82) is 0 Å². The van der Waals surface area contributed by atoms with E-state index < -0.39 is 28.8 Å². The number of aryl methyl sites for hydroxylation is 3. The van der Waals surface area contributed by atoms with Gasteiger partial charge in [-0.3, -0.25) is 28.1 Å². The molecular formula is C47H44F2N10O6. The fourth-order valence-electron chi connectivity index (χ4n) is 11.0. The van der Waals surface area contributed by atoms with Gasteiger partial charge < -0.3 is 18.9 Å². The molecule has 0 radical (unpaired) electrons. The summed E-state index contributed by atoms with van der Waals surface area (Å²) in [5.74, 6) is -0.0573. The topological polar surface area (TPSA) is 165 Å². The zero-order valence-electron chi connectivity index (χ0n) is 36.3. The molecule has 5 atom stereocenters. The molecule has 18 heteroatoms. The minimum Gasteiger partial charge on any atom is -0.493 e. The van der Waals surface area contributed by atoms with Gasteiger partial charge in [-0.25, -0.2) is 23.1 Å². The minimum absolute atomic E-state index is 0.0281. The van der Waals surface area contributed by atoms with Crippen LogP contribution in [0.5, 0.6) is 5.75 Å². The van der Waals surface area contributed by atoms with Crippen LogP contribution in [0.15, 0.2) is 75.2 Å². The van der Waals surface area contributed by atoms with E-state index >= 15 is 13.6 Å². The summed E-state index contributed by atoms with van der Waals surface area (Å²) < 4.78 is 56.3. The van der Waals surface area contributed by atoms with Gasteiger partial charge in [0.1, 0.15) is 28.6 Å². The Hall–Kier alpha value is -7.08. The second kappa shape index (κ2) is 14.0. The molecule has 0 spiro atoms. The molecule has 12 rings (SSSR count). The van der Waals surface area contributed by atoms with Crippen LogP contribution in [0.1, 0.15) is 82.9 Å². The minimum atomic E-state index is -0.897. The number of rotatable bonds is 6. The summed E-state index contributed by atoms with van der Waals surface area (Å²) in [5.41, 5.74) is 3.93. The summed E-state index contributed by atoms with van der Waals surface area (Å²) in [5, 5.41) is 14.5. The zero-order chi connectivity index (χ0) is 44.8. The second-order valence-corrected chi connectivity index (χ2v) is 18.2. The monoisotopic (exact) mass is 882 g/mol. The maximum absolute atomic E-state index is 16.1. The quantitative estimate of drug-likeness (QED) is 0.202. The number of benzene rings is 3. The fourth-order valence-corrected chi connectivity index (χ4v) is 11.0. The molecule has 3 aliphatic heterocycles. The van der Waals surface area contributed by atoms with Crippen LogP contribution in [0, 0.1) is 37.3 Å². The Morgan fingerprint density at radius 1 is 0.969 bits per heavy atom. The van der Waals surface area contributed by atoms with Crippen molar-refractivity contribution in [3.8, 4) is 22.9 Å². The van der Waals surface area contributed by atoms with E-state index in [9.17, 15) is 9.59 Å². The van der Waals surface area contributed by atoms with Crippen molar-refractivity contribution in [1.82, 2.24) is 48.3 Å². The number of aromatic nitrogens is 9. The highest BCUT2D eigenvalue weighted by Gasteiger charge is 2.59. The van der Waals surface area contributed by atoms with E-state index in [0.29, 0.717) is 83.6 Å². The number of nitrogens with zero attached hydrogens (tertiary/aromatic N) is 9. The number of H-pyrrole nitrogens is 1. The first kappa shape index (κ1) is 39.5. The Balaban J connectivity index is 1.02. The number of halogens is 2. The van der Waals surface area contributed by atoms with E-state index in [4.69, 9.17) is 19.1 Å². The van der Waals surface area contributed by atoms with Gasteiger partial charge in [0.2, 0.25) is 0 Å². The molecule has 1 amide bonds. The summed E-state index contributed by atoms with van der Waals surface area (Å²) in [4.78, 5) is 47.3. The summed E-state index contributed by atoms with van der Waals surface area (Å²) in [6.45, 7) is 9.38. The van der Waals surface area contributed by atoms with Crippen LogP contribution in [0.2, 0.25) is 0 Å². The molecule has 8 heterocycles. The number of amides is 1. The van der Waals surface area contributed by atoms with E-state index in [1.54, 1.807) is 65.6 Å². The number of nitrogens with one attached hydrogen (secondary N) is 1. The fraction of sp³-hybridized carbons (Fsp3) is 0.362. The third kappa shape index (κ3) is 5.61. The molecule has 8 aromatic rings. The highest BCUT2D eigenvalue weighted by molar-refractivity contribution is 6.00. The average molecular weight is 883 g/mol. The van der Waals surface area contributed by atoms with Gasteiger partial charge in [0.15, 0.2) is 11.6 Å². The average Bonchev–Trinajstić information content (AvgIpc) is 3.93. The molecule has 4 aliphatic rings. The second-order valence-electron chi connectivity index (χ2n) is 18.2. The normalized spacial score (nSPS) is 22.5. The Bertz CT molecular complexity index is 3420. The Morgan fingerprint density at radius 3 is 2.51 bits per heavy atom. The molecule has 1 saturated carbocycles. The zero-order valence-corrected chi connectivity index (χ0v) is 36.3. The molecule has 2 fully saturated rings. The summed E-state index contributed by atoms with van der Waals surface area (Å²) in [7, 11) is 1.72. The van der Waals surface area contributed by atoms with Gasteiger partial charge in [0.05, 0.1) is 58.9 Å². The van der Waals surface area contributed by atoms with Gasteiger partial charge >= 0.3 is 11.4 Å². The largest absolute Gasteiger partial charge is 0.493 e. The lowest BCUT2D eigenvalue weighted by atomic mass is 9.80. The van der Waals surface area contributed by atoms with Crippen molar-refractivity contribution < 1.29 is 27.6 Å². The summed E-state index contributed by atoms with van der Waals surface area (Å²) in [6, 6.07) is 12.0. The van der Waals surface area contributed by atoms with E-state index in [-0.39, 0.29) is 47.1 Å². The van der Waals surface area contributed by atoms with Crippen LogP contribution < -0.4 is 16.2 Å². The maximum atomic E-state index is 16.1. The molecule has 5 aromatic heterocycles.